The Hall–Kier alpha value is -0.120. The lowest BCUT2D eigenvalue weighted by atomic mass is 10.1. The summed E-state index contributed by atoms with van der Waals surface area (Å²) in [4.78, 5) is 0. The molecule has 0 saturated heterocycles. The van der Waals surface area contributed by atoms with E-state index in [1.807, 2.05) is 6.92 Å². The van der Waals surface area contributed by atoms with Crippen LogP contribution in [0.3, 0.4) is 0 Å². The Balaban J connectivity index is 3.08. The standard InChI is InChI=1S/C10H23NO2/c1-4-9(3)6-12-8-13-7-10(11)5-2/h9-10H,4-8,11H2,1-3H3. The van der Waals surface area contributed by atoms with Crippen molar-refractivity contribution < 1.29 is 9.47 Å². The van der Waals surface area contributed by atoms with Crippen molar-refractivity contribution in [2.24, 2.45) is 11.7 Å². The van der Waals surface area contributed by atoms with Crippen LogP contribution in [0.4, 0.5) is 0 Å². The molecule has 0 rings (SSSR count). The maximum Gasteiger partial charge on any atom is 0.146 e. The van der Waals surface area contributed by atoms with Crippen molar-refractivity contribution in [1.29, 1.82) is 0 Å². The van der Waals surface area contributed by atoms with Gasteiger partial charge in [-0.1, -0.05) is 27.2 Å². The summed E-state index contributed by atoms with van der Waals surface area (Å²) in [5.74, 6) is 0.614. The molecule has 0 aliphatic heterocycles. The van der Waals surface area contributed by atoms with Crippen molar-refractivity contribution in [2.45, 2.75) is 39.7 Å². The summed E-state index contributed by atoms with van der Waals surface area (Å²) in [5, 5.41) is 0. The molecule has 0 aliphatic carbocycles. The molecule has 0 aromatic carbocycles. The minimum atomic E-state index is 0.146. The van der Waals surface area contributed by atoms with E-state index >= 15 is 0 Å². The molecule has 0 amide bonds. The van der Waals surface area contributed by atoms with E-state index in [1.165, 1.54) is 0 Å². The Bertz CT molecular complexity index is 97.1. The van der Waals surface area contributed by atoms with Crippen LogP contribution in [0.2, 0.25) is 0 Å². The lowest BCUT2D eigenvalue weighted by Gasteiger charge is -2.12. The van der Waals surface area contributed by atoms with Crippen molar-refractivity contribution in [3.8, 4) is 0 Å². The fourth-order valence-electron chi connectivity index (χ4n) is 0.743. The highest BCUT2D eigenvalue weighted by Crippen LogP contribution is 2.00. The van der Waals surface area contributed by atoms with Gasteiger partial charge in [-0.05, 0) is 12.3 Å². The topological polar surface area (TPSA) is 44.5 Å². The minimum absolute atomic E-state index is 0.146. The van der Waals surface area contributed by atoms with Crippen molar-refractivity contribution in [2.75, 3.05) is 20.0 Å². The summed E-state index contributed by atoms with van der Waals surface area (Å²) in [6, 6.07) is 0.146. The lowest BCUT2D eigenvalue weighted by molar-refractivity contribution is -0.0667. The van der Waals surface area contributed by atoms with Gasteiger partial charge in [0.2, 0.25) is 0 Å². The second-order valence-corrected chi connectivity index (χ2v) is 3.54. The Labute approximate surface area is 81.6 Å². The van der Waals surface area contributed by atoms with Crippen LogP contribution in [-0.4, -0.2) is 26.0 Å². The maximum absolute atomic E-state index is 5.66. The van der Waals surface area contributed by atoms with Crippen LogP contribution in [-0.2, 0) is 9.47 Å². The quantitative estimate of drug-likeness (QED) is 0.467. The van der Waals surface area contributed by atoms with Crippen molar-refractivity contribution in [3.05, 3.63) is 0 Å². The van der Waals surface area contributed by atoms with Crippen molar-refractivity contribution in [3.63, 3.8) is 0 Å². The Morgan fingerprint density at radius 2 is 1.69 bits per heavy atom. The highest BCUT2D eigenvalue weighted by Gasteiger charge is 2.00. The summed E-state index contributed by atoms with van der Waals surface area (Å²) in [7, 11) is 0. The molecule has 80 valence electrons. The van der Waals surface area contributed by atoms with Gasteiger partial charge in [0, 0.05) is 6.04 Å². The summed E-state index contributed by atoms with van der Waals surface area (Å²) >= 11 is 0. The van der Waals surface area contributed by atoms with Gasteiger partial charge in [-0.25, -0.2) is 0 Å². The molecule has 0 aromatic heterocycles. The van der Waals surface area contributed by atoms with Crippen LogP contribution in [0.15, 0.2) is 0 Å². The fraction of sp³-hybridized carbons (Fsp3) is 1.00. The molecule has 3 heteroatoms. The van der Waals surface area contributed by atoms with Gasteiger partial charge in [0.1, 0.15) is 6.79 Å². The zero-order valence-electron chi connectivity index (χ0n) is 9.08. The molecule has 2 atom stereocenters. The highest BCUT2D eigenvalue weighted by atomic mass is 16.7. The number of nitrogens with two attached hydrogens (primary N) is 1. The monoisotopic (exact) mass is 189 g/mol. The van der Waals surface area contributed by atoms with Crippen LogP contribution >= 0.6 is 0 Å². The van der Waals surface area contributed by atoms with Gasteiger partial charge in [-0.15, -0.1) is 0 Å². The summed E-state index contributed by atoms with van der Waals surface area (Å²) in [5.41, 5.74) is 5.66. The zero-order valence-corrected chi connectivity index (χ0v) is 9.08. The average molecular weight is 189 g/mol. The van der Waals surface area contributed by atoms with Gasteiger partial charge in [0.25, 0.3) is 0 Å². The summed E-state index contributed by atoms with van der Waals surface area (Å²) in [6.07, 6.45) is 2.10. The van der Waals surface area contributed by atoms with E-state index in [1.54, 1.807) is 0 Å². The van der Waals surface area contributed by atoms with E-state index in [4.69, 9.17) is 15.2 Å². The first-order valence-electron chi connectivity index (χ1n) is 5.11. The van der Waals surface area contributed by atoms with E-state index in [0.717, 1.165) is 19.4 Å². The van der Waals surface area contributed by atoms with Crippen LogP contribution in [0.5, 0.6) is 0 Å². The lowest BCUT2D eigenvalue weighted by Crippen LogP contribution is -2.25. The first kappa shape index (κ1) is 12.9. The number of rotatable bonds is 8. The van der Waals surface area contributed by atoms with Crippen LogP contribution in [0.1, 0.15) is 33.6 Å². The molecule has 0 radical (unpaired) electrons. The van der Waals surface area contributed by atoms with Gasteiger partial charge in [-0.3, -0.25) is 0 Å². The van der Waals surface area contributed by atoms with E-state index in [-0.39, 0.29) is 6.04 Å². The molecule has 0 aliphatic rings. The number of hydrogen-bond acceptors (Lipinski definition) is 3. The fourth-order valence-corrected chi connectivity index (χ4v) is 0.743. The van der Waals surface area contributed by atoms with Crippen LogP contribution < -0.4 is 5.73 Å². The third-order valence-electron chi connectivity index (χ3n) is 2.12. The molecule has 0 aromatic rings. The van der Waals surface area contributed by atoms with Crippen LogP contribution in [0, 0.1) is 5.92 Å². The van der Waals surface area contributed by atoms with E-state index in [9.17, 15) is 0 Å². The van der Waals surface area contributed by atoms with Crippen LogP contribution in [0.25, 0.3) is 0 Å². The van der Waals surface area contributed by atoms with E-state index < -0.39 is 0 Å². The first-order valence-corrected chi connectivity index (χ1v) is 5.11. The van der Waals surface area contributed by atoms with E-state index in [0.29, 0.717) is 19.3 Å². The third kappa shape index (κ3) is 8.22. The van der Waals surface area contributed by atoms with Gasteiger partial charge < -0.3 is 15.2 Å². The molecule has 13 heavy (non-hydrogen) atoms. The second kappa shape index (κ2) is 8.48. The summed E-state index contributed by atoms with van der Waals surface area (Å²) < 4.78 is 10.5. The molecule has 0 fully saturated rings. The minimum Gasteiger partial charge on any atom is -0.355 e. The van der Waals surface area contributed by atoms with E-state index in [2.05, 4.69) is 13.8 Å². The molecular weight excluding hydrogens is 166 g/mol. The second-order valence-electron chi connectivity index (χ2n) is 3.54. The third-order valence-corrected chi connectivity index (χ3v) is 2.12. The Morgan fingerprint density at radius 3 is 2.23 bits per heavy atom. The maximum atomic E-state index is 5.66. The SMILES string of the molecule is CCC(C)COCOCC(N)CC. The smallest absolute Gasteiger partial charge is 0.146 e. The van der Waals surface area contributed by atoms with Crippen molar-refractivity contribution >= 4 is 0 Å². The normalized spacial score (nSPS) is 15.7. The zero-order chi connectivity index (χ0) is 10.1. The average Bonchev–Trinajstić information content (AvgIpc) is 2.16. The van der Waals surface area contributed by atoms with Gasteiger partial charge in [-0.2, -0.15) is 0 Å². The van der Waals surface area contributed by atoms with Gasteiger partial charge in [0.15, 0.2) is 0 Å². The van der Waals surface area contributed by atoms with Crippen molar-refractivity contribution in [1.82, 2.24) is 0 Å². The van der Waals surface area contributed by atoms with Gasteiger partial charge in [0.05, 0.1) is 13.2 Å². The summed E-state index contributed by atoms with van der Waals surface area (Å²) in [6.45, 7) is 8.11. The Kier molecular flexibility index (Phi) is 8.40. The first-order chi connectivity index (χ1) is 6.20. The molecular formula is C10H23NO2. The predicted octanol–water partition coefficient (Wildman–Crippen LogP) is 1.76. The molecule has 0 saturated carbocycles. The number of hydrogen-bond donors (Lipinski definition) is 1. The Morgan fingerprint density at radius 1 is 1.08 bits per heavy atom. The largest absolute Gasteiger partial charge is 0.355 e. The molecule has 0 heterocycles. The molecule has 0 bridgehead atoms. The molecule has 0 spiro atoms. The molecule has 2 N–H and O–H groups in total. The molecule has 2 unspecified atom stereocenters. The molecule has 3 nitrogen and oxygen atoms in total. The van der Waals surface area contributed by atoms with Gasteiger partial charge >= 0.3 is 0 Å². The predicted molar refractivity (Wildman–Crippen MR) is 54.5 cm³/mol. The number of ether oxygens (including phenoxy) is 2. The highest BCUT2D eigenvalue weighted by molar-refractivity contribution is 4.54.